The van der Waals surface area contributed by atoms with E-state index in [1.54, 1.807) is 11.3 Å². The van der Waals surface area contributed by atoms with Crippen molar-refractivity contribution < 1.29 is 4.74 Å². The molecule has 2 heterocycles. The number of nitrogens with two attached hydrogens (primary N) is 1. The van der Waals surface area contributed by atoms with Crippen molar-refractivity contribution in [2.24, 2.45) is 0 Å². The molecule has 5 heteroatoms. The van der Waals surface area contributed by atoms with Crippen LogP contribution in [0.3, 0.4) is 0 Å². The van der Waals surface area contributed by atoms with Crippen LogP contribution < -0.4 is 10.5 Å². The van der Waals surface area contributed by atoms with Crippen molar-refractivity contribution in [1.82, 2.24) is 9.55 Å². The fourth-order valence-electron chi connectivity index (χ4n) is 2.44. The molecule has 0 radical (unpaired) electrons. The van der Waals surface area contributed by atoms with Gasteiger partial charge in [0.05, 0.1) is 18.2 Å². The third kappa shape index (κ3) is 2.04. The summed E-state index contributed by atoms with van der Waals surface area (Å²) in [6.45, 7) is 4.72. The molecule has 4 nitrogen and oxygen atoms in total. The summed E-state index contributed by atoms with van der Waals surface area (Å²) in [5, 5.41) is 2.08. The zero-order chi connectivity index (χ0) is 14.1. The first-order chi connectivity index (χ1) is 9.72. The molecule has 0 amide bonds. The SMILES string of the molecule is CCOc1cccc2c1nc(N)n2C(C)c1cccs1. The molecule has 0 aliphatic rings. The van der Waals surface area contributed by atoms with Crippen LogP contribution in [-0.4, -0.2) is 16.2 Å². The lowest BCUT2D eigenvalue weighted by atomic mass is 10.2. The highest BCUT2D eigenvalue weighted by Gasteiger charge is 2.18. The first-order valence-electron chi connectivity index (χ1n) is 6.65. The Bertz CT molecular complexity index is 718. The number of para-hydroxylation sites is 1. The number of rotatable bonds is 4. The lowest BCUT2D eigenvalue weighted by molar-refractivity contribution is 0.343. The van der Waals surface area contributed by atoms with Gasteiger partial charge in [-0.05, 0) is 37.4 Å². The Morgan fingerprint density at radius 2 is 2.20 bits per heavy atom. The topological polar surface area (TPSA) is 53.1 Å². The van der Waals surface area contributed by atoms with E-state index in [1.807, 2.05) is 25.1 Å². The van der Waals surface area contributed by atoms with Crippen molar-refractivity contribution >= 4 is 28.3 Å². The second-order valence-corrected chi connectivity index (χ2v) is 5.57. The van der Waals surface area contributed by atoms with Crippen LogP contribution in [0.2, 0.25) is 0 Å². The van der Waals surface area contributed by atoms with E-state index in [-0.39, 0.29) is 6.04 Å². The van der Waals surface area contributed by atoms with Gasteiger partial charge in [0.2, 0.25) is 5.95 Å². The average Bonchev–Trinajstić information content (AvgIpc) is 3.06. The smallest absolute Gasteiger partial charge is 0.201 e. The number of aromatic nitrogens is 2. The van der Waals surface area contributed by atoms with Crippen molar-refractivity contribution in [3.05, 3.63) is 40.6 Å². The molecule has 2 aromatic heterocycles. The third-order valence-corrected chi connectivity index (χ3v) is 4.40. The Labute approximate surface area is 121 Å². The fourth-order valence-corrected chi connectivity index (χ4v) is 3.22. The van der Waals surface area contributed by atoms with Crippen molar-refractivity contribution in [2.45, 2.75) is 19.9 Å². The quantitative estimate of drug-likeness (QED) is 0.796. The van der Waals surface area contributed by atoms with Crippen molar-refractivity contribution in [1.29, 1.82) is 0 Å². The lowest BCUT2D eigenvalue weighted by Gasteiger charge is -2.14. The number of thiophene rings is 1. The highest BCUT2D eigenvalue weighted by molar-refractivity contribution is 7.10. The van der Waals surface area contributed by atoms with Crippen LogP contribution in [0.15, 0.2) is 35.7 Å². The summed E-state index contributed by atoms with van der Waals surface area (Å²) >= 11 is 1.73. The van der Waals surface area contributed by atoms with Gasteiger partial charge in [0.1, 0.15) is 11.3 Å². The molecule has 3 aromatic rings. The van der Waals surface area contributed by atoms with Gasteiger partial charge in [-0.15, -0.1) is 11.3 Å². The summed E-state index contributed by atoms with van der Waals surface area (Å²) in [6, 6.07) is 10.3. The van der Waals surface area contributed by atoms with E-state index < -0.39 is 0 Å². The molecular formula is C15H17N3OS. The second kappa shape index (κ2) is 5.17. The lowest BCUT2D eigenvalue weighted by Crippen LogP contribution is -2.08. The molecule has 2 N–H and O–H groups in total. The normalized spacial score (nSPS) is 12.7. The Morgan fingerprint density at radius 3 is 2.90 bits per heavy atom. The Balaban J connectivity index is 2.16. The predicted octanol–water partition coefficient (Wildman–Crippen LogP) is 3.69. The number of hydrogen-bond acceptors (Lipinski definition) is 4. The molecule has 20 heavy (non-hydrogen) atoms. The number of anilines is 1. The molecule has 0 spiro atoms. The molecule has 0 saturated heterocycles. The molecule has 1 aromatic carbocycles. The predicted molar refractivity (Wildman–Crippen MR) is 83.4 cm³/mol. The number of nitrogen functional groups attached to an aromatic ring is 1. The average molecular weight is 287 g/mol. The maximum absolute atomic E-state index is 6.13. The monoisotopic (exact) mass is 287 g/mol. The minimum absolute atomic E-state index is 0.164. The van der Waals surface area contributed by atoms with E-state index in [4.69, 9.17) is 10.5 Å². The van der Waals surface area contributed by atoms with Gasteiger partial charge in [-0.2, -0.15) is 0 Å². The number of ether oxygens (including phenoxy) is 1. The molecule has 104 valence electrons. The van der Waals surface area contributed by atoms with Gasteiger partial charge in [0.25, 0.3) is 0 Å². The largest absolute Gasteiger partial charge is 0.492 e. The highest BCUT2D eigenvalue weighted by Crippen LogP contribution is 2.33. The minimum atomic E-state index is 0.164. The second-order valence-electron chi connectivity index (χ2n) is 4.59. The van der Waals surface area contributed by atoms with E-state index in [0.717, 1.165) is 16.8 Å². The van der Waals surface area contributed by atoms with Crippen molar-refractivity contribution in [3.8, 4) is 5.75 Å². The number of imidazole rings is 1. The third-order valence-electron chi connectivity index (χ3n) is 3.35. The molecule has 0 saturated carbocycles. The Hall–Kier alpha value is -2.01. The molecular weight excluding hydrogens is 270 g/mol. The molecule has 0 aliphatic carbocycles. The Morgan fingerprint density at radius 1 is 1.35 bits per heavy atom. The summed E-state index contributed by atoms with van der Waals surface area (Å²) in [5.74, 6) is 1.31. The van der Waals surface area contributed by atoms with Gasteiger partial charge in [-0.3, -0.25) is 0 Å². The summed E-state index contributed by atoms with van der Waals surface area (Å²) in [6.07, 6.45) is 0. The summed E-state index contributed by atoms with van der Waals surface area (Å²) in [7, 11) is 0. The maximum atomic E-state index is 6.13. The first-order valence-corrected chi connectivity index (χ1v) is 7.53. The van der Waals surface area contributed by atoms with Gasteiger partial charge in [-0.1, -0.05) is 12.1 Å². The van der Waals surface area contributed by atoms with Gasteiger partial charge < -0.3 is 15.0 Å². The molecule has 0 fully saturated rings. The van der Waals surface area contributed by atoms with Crippen LogP contribution in [0, 0.1) is 0 Å². The molecule has 0 bridgehead atoms. The van der Waals surface area contributed by atoms with Crippen LogP contribution in [-0.2, 0) is 0 Å². The minimum Gasteiger partial charge on any atom is -0.492 e. The van der Waals surface area contributed by atoms with E-state index >= 15 is 0 Å². The fraction of sp³-hybridized carbons (Fsp3) is 0.267. The number of benzene rings is 1. The van der Waals surface area contributed by atoms with E-state index in [1.165, 1.54) is 4.88 Å². The number of nitrogens with zero attached hydrogens (tertiary/aromatic N) is 2. The molecule has 0 aliphatic heterocycles. The van der Waals surface area contributed by atoms with Crippen molar-refractivity contribution in [3.63, 3.8) is 0 Å². The van der Waals surface area contributed by atoms with Crippen LogP contribution >= 0.6 is 11.3 Å². The summed E-state index contributed by atoms with van der Waals surface area (Å²) in [5.41, 5.74) is 7.96. The maximum Gasteiger partial charge on any atom is 0.201 e. The number of fused-ring (bicyclic) bond motifs is 1. The first kappa shape index (κ1) is 13.0. The molecule has 1 atom stereocenters. The van der Waals surface area contributed by atoms with E-state index in [9.17, 15) is 0 Å². The Kier molecular flexibility index (Phi) is 3.36. The standard InChI is InChI=1S/C15H17N3OS/c1-3-19-12-7-4-6-11-14(12)17-15(16)18(11)10(2)13-8-5-9-20-13/h4-10H,3H2,1-2H3,(H2,16,17). The van der Waals surface area contributed by atoms with Crippen LogP contribution in [0.4, 0.5) is 5.95 Å². The van der Waals surface area contributed by atoms with Gasteiger partial charge >= 0.3 is 0 Å². The van der Waals surface area contributed by atoms with Crippen LogP contribution in [0.5, 0.6) is 5.75 Å². The van der Waals surface area contributed by atoms with Gasteiger partial charge in [0.15, 0.2) is 0 Å². The van der Waals surface area contributed by atoms with E-state index in [2.05, 4.69) is 34.0 Å². The van der Waals surface area contributed by atoms with Crippen molar-refractivity contribution in [2.75, 3.05) is 12.3 Å². The van der Waals surface area contributed by atoms with E-state index in [0.29, 0.717) is 12.6 Å². The number of hydrogen-bond donors (Lipinski definition) is 1. The van der Waals surface area contributed by atoms with Crippen LogP contribution in [0.25, 0.3) is 11.0 Å². The summed E-state index contributed by atoms with van der Waals surface area (Å²) in [4.78, 5) is 5.74. The van der Waals surface area contributed by atoms with Gasteiger partial charge in [-0.25, -0.2) is 4.98 Å². The summed E-state index contributed by atoms with van der Waals surface area (Å²) < 4.78 is 7.69. The molecule has 1 unspecified atom stereocenters. The molecule has 3 rings (SSSR count). The highest BCUT2D eigenvalue weighted by atomic mass is 32.1. The van der Waals surface area contributed by atoms with Gasteiger partial charge in [0, 0.05) is 4.88 Å². The van der Waals surface area contributed by atoms with Crippen LogP contribution in [0.1, 0.15) is 24.8 Å². The zero-order valence-electron chi connectivity index (χ0n) is 11.5. The zero-order valence-corrected chi connectivity index (χ0v) is 12.4.